The minimum absolute atomic E-state index is 0.0160. The van der Waals surface area contributed by atoms with Crippen LogP contribution in [0, 0.1) is 28.9 Å². The fraction of sp³-hybridized carbons (Fsp3) is 0.472. The number of carboxylic acids is 1. The molecule has 4 aromatic carbocycles. The molecular weight excluding hydrogens is 1500 g/mol. The molecule has 9 atom stereocenters. The molecule has 28 nitrogen and oxygen atoms in total. The van der Waals surface area contributed by atoms with Crippen molar-refractivity contribution in [1.29, 1.82) is 0 Å². The predicted molar refractivity (Wildman–Crippen MR) is 417 cm³/mol. The Balaban J connectivity index is 0.000000267. The van der Waals surface area contributed by atoms with Gasteiger partial charge in [-0.15, -0.1) is 0 Å². The molecule has 0 bridgehead atoms. The van der Waals surface area contributed by atoms with E-state index in [-0.39, 0.29) is 79.4 Å². The first kappa shape index (κ1) is 88.9. The standard InChI is InChI=1S/C26H44O9.C22H30Cl2N10.C18H14Cl4N2O.C6H9N3O3/c1-16(13-23(30)33-11-9-7-5-4-6-8-10-22(28)29)12-20-25(32)24(31)19(15-34-20)14-21-26(35-21)17(2)18(3)27;23-15-5-9-17(10-6-15)31-21(27)33-19(25)29-13-3-1-2-4-14-30-20(26)34-22(28)32-18-11-7-16(24)8-12-18;19-13-2-1-12(16(21)7-13)10-25-18(9-24-6-5-23-11-24)15-4-3-14(20)8-17(15)22;1-5-7-4-6(9(11)12)8(5)2-3-10/h13,17-21,24-27,31-32H,4-12,14-15H2,1-3H3,(H,28,29);5-12H,1-4,13-14H2,(H5,25,27,29,31,33)(H5,26,28,30,32,34);1-8,11,18H,9-10H2;4,10H,2-3H2,1H3/b16-13+;;;/t17-,18-,19-,20-,21-,24+,25-,26-;;;/m0.../s1. The third-order valence-corrected chi connectivity index (χ3v) is 18.3. The summed E-state index contributed by atoms with van der Waals surface area (Å²) in [5.74, 6) is -0.402. The molecule has 4 heterocycles. The molecule has 0 saturated carbocycles. The summed E-state index contributed by atoms with van der Waals surface area (Å²) in [7, 11) is 0. The fourth-order valence-electron chi connectivity index (χ4n) is 10.7. The molecule has 34 heteroatoms. The zero-order valence-electron chi connectivity index (χ0n) is 59.6. The second-order valence-electron chi connectivity index (χ2n) is 25.1. The number of rotatable bonds is 34. The molecule has 15 N–H and O–H groups in total. The quantitative estimate of drug-likeness (QED) is 0.00261. The molecule has 6 aromatic rings. The van der Waals surface area contributed by atoms with Crippen molar-refractivity contribution in [1.82, 2.24) is 19.1 Å². The maximum atomic E-state index is 12.1. The van der Waals surface area contributed by atoms with Crippen LogP contribution in [0.4, 0.5) is 17.2 Å². The number of aromatic nitrogens is 4. The number of aliphatic carboxylic acids is 1. The maximum absolute atomic E-state index is 12.1. The molecule has 2 aliphatic rings. The Morgan fingerprint density at radius 3 is 1.87 bits per heavy atom. The number of ether oxygens (including phenoxy) is 4. The van der Waals surface area contributed by atoms with Gasteiger partial charge >= 0.3 is 17.8 Å². The third-order valence-electron chi connectivity index (χ3n) is 16.7. The highest BCUT2D eigenvalue weighted by molar-refractivity contribution is 6.35. The van der Waals surface area contributed by atoms with Crippen LogP contribution in [0.5, 0.6) is 0 Å². The molecule has 580 valence electrons. The number of aliphatic imine (C=N–C) groups is 4. The molecule has 2 fully saturated rings. The zero-order valence-corrected chi connectivity index (χ0v) is 64.2. The second kappa shape index (κ2) is 47.9. The van der Waals surface area contributed by atoms with E-state index in [1.807, 2.05) is 29.8 Å². The average molecular weight is 1590 g/mol. The molecule has 2 aromatic heterocycles. The SMILES string of the molecule is C/C(=C\C(=O)OCCCCCCCCC(=O)O)C[C@@H]1OC[C@H](C[C@@H]2O[C@H]2[C@@H](C)[C@H](C)O)[C@@H](O)[C@H]1O.Cc1ncc([N+](=O)[O-])n1CCO.Clc1ccc(COC(Cn2ccnc2)c2ccc(Cl)cc2Cl)c(Cl)c1.NC(=NCCCCCCN=C(N)N=C(N)Nc1ccc(Cl)cc1)N=C(N)Nc1ccc(Cl)cc1. The Hall–Kier alpha value is -7.68. The number of nitrogens with one attached hydrogen (secondary N) is 2. The highest BCUT2D eigenvalue weighted by Crippen LogP contribution is 2.39. The van der Waals surface area contributed by atoms with E-state index in [0.717, 1.165) is 80.3 Å². The molecule has 2 saturated heterocycles. The largest absolute Gasteiger partial charge is 0.481 e. The van der Waals surface area contributed by atoms with Crippen molar-refractivity contribution in [2.75, 3.05) is 43.5 Å². The lowest BCUT2D eigenvalue weighted by atomic mass is 9.85. The van der Waals surface area contributed by atoms with Gasteiger partial charge in [0.2, 0.25) is 23.8 Å². The monoisotopic (exact) mass is 1590 g/mol. The number of epoxide rings is 1. The van der Waals surface area contributed by atoms with Gasteiger partial charge in [-0.05, 0) is 136 Å². The molecule has 0 spiro atoms. The van der Waals surface area contributed by atoms with Crippen molar-refractivity contribution in [3.05, 3.63) is 179 Å². The van der Waals surface area contributed by atoms with Crippen LogP contribution in [0.15, 0.2) is 141 Å². The summed E-state index contributed by atoms with van der Waals surface area (Å²) >= 11 is 36.2. The molecular formula is C72H97Cl6N15O13. The van der Waals surface area contributed by atoms with Gasteiger partial charge in [0.25, 0.3) is 0 Å². The molecule has 106 heavy (non-hydrogen) atoms. The number of carbonyl (C=O) groups is 2. The Morgan fingerprint density at radius 2 is 1.33 bits per heavy atom. The number of nitrogens with two attached hydrogens (primary N) is 4. The van der Waals surface area contributed by atoms with Gasteiger partial charge < -0.3 is 92.7 Å². The van der Waals surface area contributed by atoms with E-state index in [2.05, 4.69) is 40.6 Å². The number of guanidine groups is 4. The van der Waals surface area contributed by atoms with Crippen molar-refractivity contribution in [2.24, 2.45) is 54.7 Å². The first-order valence-electron chi connectivity index (χ1n) is 34.5. The number of benzene rings is 4. The van der Waals surface area contributed by atoms with Crippen LogP contribution in [-0.2, 0) is 48.2 Å². The van der Waals surface area contributed by atoms with Gasteiger partial charge in [-0.3, -0.25) is 14.8 Å². The second-order valence-corrected chi connectivity index (χ2v) is 27.7. The predicted octanol–water partition coefficient (Wildman–Crippen LogP) is 12.5. The van der Waals surface area contributed by atoms with Crippen molar-refractivity contribution < 1.29 is 59.0 Å². The molecule has 2 aliphatic heterocycles. The van der Waals surface area contributed by atoms with E-state index in [1.54, 1.807) is 106 Å². The number of anilines is 2. The van der Waals surface area contributed by atoms with Crippen LogP contribution in [0.3, 0.4) is 0 Å². The molecule has 1 unspecified atom stereocenters. The number of aryl methyl sites for hydroxylation is 1. The lowest BCUT2D eigenvalue weighted by Crippen LogP contribution is -2.50. The van der Waals surface area contributed by atoms with Crippen LogP contribution >= 0.6 is 69.6 Å². The number of nitrogens with zero attached hydrogens (tertiary/aromatic N) is 9. The van der Waals surface area contributed by atoms with Gasteiger partial charge in [-0.2, -0.15) is 9.98 Å². The lowest BCUT2D eigenvalue weighted by molar-refractivity contribution is -0.392. The number of hydrogen-bond acceptors (Lipinski definition) is 16. The Kier molecular flexibility index (Phi) is 40.2. The van der Waals surface area contributed by atoms with Gasteiger partial charge in [-0.25, -0.2) is 19.3 Å². The highest BCUT2D eigenvalue weighted by Gasteiger charge is 2.48. The number of aliphatic hydroxyl groups excluding tert-OH is 4. The van der Waals surface area contributed by atoms with Gasteiger partial charge in [0.05, 0.1) is 69.8 Å². The van der Waals surface area contributed by atoms with Crippen LogP contribution in [0.1, 0.15) is 127 Å². The first-order chi connectivity index (χ1) is 50.6. The van der Waals surface area contributed by atoms with E-state index in [4.69, 9.17) is 122 Å². The van der Waals surface area contributed by atoms with E-state index in [0.29, 0.717) is 100 Å². The summed E-state index contributed by atoms with van der Waals surface area (Å²) in [5.41, 5.74) is 27.2. The average Bonchev–Trinajstić information content (AvgIpc) is 1.63. The number of esters is 1. The number of imidazole rings is 2. The third kappa shape index (κ3) is 34.0. The topological polar surface area (TPSA) is 432 Å². The minimum atomic E-state index is -1.06. The molecule has 0 aliphatic carbocycles. The Morgan fingerprint density at radius 1 is 0.774 bits per heavy atom. The number of nitro groups is 1. The lowest BCUT2D eigenvalue weighted by Gasteiger charge is -2.38. The molecule has 8 rings (SSSR count). The Bertz CT molecular complexity index is 3730. The number of unbranched alkanes of at least 4 members (excludes halogenated alkanes) is 8. The van der Waals surface area contributed by atoms with Crippen molar-refractivity contribution >= 4 is 123 Å². The summed E-state index contributed by atoms with van der Waals surface area (Å²) in [6, 6.07) is 24.8. The smallest absolute Gasteiger partial charge is 0.342 e. The van der Waals surface area contributed by atoms with E-state index in [1.165, 1.54) is 16.8 Å². The van der Waals surface area contributed by atoms with Gasteiger partial charge in [0.15, 0.2) is 5.82 Å². The number of aliphatic hydroxyl groups is 4. The zero-order chi connectivity index (χ0) is 77.7. The summed E-state index contributed by atoms with van der Waals surface area (Å²) in [5, 5.41) is 67.8. The van der Waals surface area contributed by atoms with E-state index < -0.39 is 41.3 Å². The summed E-state index contributed by atoms with van der Waals surface area (Å²) in [6.07, 6.45) is 14.5. The minimum Gasteiger partial charge on any atom is -0.481 e. The fourth-order valence-corrected chi connectivity index (χ4v) is 11.9. The Labute approximate surface area is 647 Å². The number of halogens is 6. The van der Waals surface area contributed by atoms with Crippen LogP contribution < -0.4 is 33.6 Å². The van der Waals surface area contributed by atoms with Gasteiger partial charge in [-0.1, -0.05) is 133 Å². The summed E-state index contributed by atoms with van der Waals surface area (Å²) in [4.78, 5) is 56.7. The maximum Gasteiger partial charge on any atom is 0.342 e. The van der Waals surface area contributed by atoms with Crippen LogP contribution in [0.2, 0.25) is 30.1 Å². The van der Waals surface area contributed by atoms with Crippen LogP contribution in [0.25, 0.3) is 0 Å². The highest BCUT2D eigenvalue weighted by atomic mass is 35.5. The van der Waals surface area contributed by atoms with E-state index >= 15 is 0 Å². The first-order valence-corrected chi connectivity index (χ1v) is 36.8. The number of hydrogen-bond donors (Lipinski definition) is 11. The summed E-state index contributed by atoms with van der Waals surface area (Å²) < 4.78 is 26.1. The number of carboxylic acid groups (broad SMARTS) is 1. The molecule has 0 amide bonds. The van der Waals surface area contributed by atoms with Gasteiger partial charge in [0, 0.05) is 104 Å². The van der Waals surface area contributed by atoms with Crippen molar-refractivity contribution in [3.63, 3.8) is 0 Å². The normalized spacial score (nSPS) is 18.3. The van der Waals surface area contributed by atoms with Crippen molar-refractivity contribution in [2.45, 2.75) is 174 Å². The summed E-state index contributed by atoms with van der Waals surface area (Å²) in [6.45, 7) is 9.82. The van der Waals surface area contributed by atoms with Crippen molar-refractivity contribution in [3.8, 4) is 0 Å². The molecule has 0 radical (unpaired) electrons. The van der Waals surface area contributed by atoms with Crippen LogP contribution in [-0.4, -0.2) is 155 Å². The van der Waals surface area contributed by atoms with E-state index in [9.17, 15) is 35.0 Å². The van der Waals surface area contributed by atoms with Gasteiger partial charge in [0.1, 0.15) is 24.9 Å². The number of carbonyl (C=O) groups excluding carboxylic acids is 1.